The van der Waals surface area contributed by atoms with Gasteiger partial charge in [0.2, 0.25) is 5.91 Å². The maximum absolute atomic E-state index is 11.3. The molecule has 0 radical (unpaired) electrons. The van der Waals surface area contributed by atoms with Crippen molar-refractivity contribution in [2.45, 2.75) is 4.87 Å². The second kappa shape index (κ2) is 2.59. The lowest BCUT2D eigenvalue weighted by Gasteiger charge is -2.20. The lowest BCUT2D eigenvalue weighted by molar-refractivity contribution is -0.125. The zero-order valence-electron chi connectivity index (χ0n) is 6.38. The van der Waals surface area contributed by atoms with Crippen molar-refractivity contribution in [3.8, 4) is 0 Å². The summed E-state index contributed by atoms with van der Waals surface area (Å²) in [6.45, 7) is 0. The average molecular weight is 218 g/mol. The van der Waals surface area contributed by atoms with E-state index in [1.54, 1.807) is 0 Å². The van der Waals surface area contributed by atoms with Crippen LogP contribution in [0.25, 0.3) is 0 Å². The lowest BCUT2D eigenvalue weighted by Crippen LogP contribution is -2.35. The normalized spacial score (nSPS) is 37.1. The molecule has 0 spiro atoms. The van der Waals surface area contributed by atoms with Crippen molar-refractivity contribution in [1.29, 1.82) is 0 Å². The molecule has 5 heteroatoms. The predicted octanol–water partition coefficient (Wildman–Crippen LogP) is 0.929. The van der Waals surface area contributed by atoms with Gasteiger partial charge in [-0.25, -0.2) is 0 Å². The summed E-state index contributed by atoms with van der Waals surface area (Å²) in [4.78, 5) is 21.2. The Kier molecular flexibility index (Phi) is 1.75. The molecule has 3 nitrogen and oxygen atoms in total. The fraction of sp³-hybridized carbons (Fsp3) is 0.250. The van der Waals surface area contributed by atoms with Crippen molar-refractivity contribution in [2.24, 2.45) is 5.92 Å². The fourth-order valence-corrected chi connectivity index (χ4v) is 1.87. The number of rotatable bonds is 0. The Morgan fingerprint density at radius 1 is 1.46 bits per heavy atom. The second-order valence-electron chi connectivity index (χ2n) is 2.95. The van der Waals surface area contributed by atoms with Crippen LogP contribution in [-0.2, 0) is 9.59 Å². The van der Waals surface area contributed by atoms with Gasteiger partial charge in [0.05, 0.1) is 5.92 Å². The summed E-state index contributed by atoms with van der Waals surface area (Å²) in [6.07, 6.45) is 4.44. The van der Waals surface area contributed by atoms with Gasteiger partial charge in [-0.15, -0.1) is 11.6 Å². The van der Waals surface area contributed by atoms with E-state index >= 15 is 0 Å². The summed E-state index contributed by atoms with van der Waals surface area (Å²) < 4.78 is 0. The van der Waals surface area contributed by atoms with E-state index in [0.29, 0.717) is 5.03 Å². The highest BCUT2D eigenvalue weighted by atomic mass is 35.5. The Hall–Kier alpha value is -0.800. The summed E-state index contributed by atoms with van der Waals surface area (Å²) in [5.41, 5.74) is 0. The first kappa shape index (κ1) is 8.78. The first-order valence-corrected chi connectivity index (χ1v) is 4.40. The standard InChI is InChI=1S/C8H5Cl2NO2/c9-4-1-2-8(10)5(3-4)6(12)11-7(8)13/h1-3,5H,(H,11,12,13). The molecule has 0 saturated carbocycles. The highest BCUT2D eigenvalue weighted by molar-refractivity contribution is 6.43. The highest BCUT2D eigenvalue weighted by Gasteiger charge is 2.52. The van der Waals surface area contributed by atoms with E-state index < -0.39 is 22.6 Å². The van der Waals surface area contributed by atoms with Crippen molar-refractivity contribution in [2.75, 3.05) is 0 Å². The van der Waals surface area contributed by atoms with Crippen LogP contribution in [0.3, 0.4) is 0 Å². The average Bonchev–Trinajstić information content (AvgIpc) is 2.28. The zero-order valence-corrected chi connectivity index (χ0v) is 7.89. The van der Waals surface area contributed by atoms with Gasteiger partial charge in [0.15, 0.2) is 4.87 Å². The molecule has 1 saturated heterocycles. The Morgan fingerprint density at radius 2 is 2.15 bits per heavy atom. The predicted molar refractivity (Wildman–Crippen MR) is 48.3 cm³/mol. The van der Waals surface area contributed by atoms with Gasteiger partial charge in [-0.3, -0.25) is 14.9 Å². The summed E-state index contributed by atoms with van der Waals surface area (Å²) in [5, 5.41) is 2.58. The van der Waals surface area contributed by atoms with Gasteiger partial charge in [-0.2, -0.15) is 0 Å². The van der Waals surface area contributed by atoms with Crippen LogP contribution in [0.4, 0.5) is 0 Å². The van der Waals surface area contributed by atoms with Gasteiger partial charge in [-0.05, 0) is 6.08 Å². The molecular weight excluding hydrogens is 213 g/mol. The molecule has 0 bridgehead atoms. The monoisotopic (exact) mass is 217 g/mol. The van der Waals surface area contributed by atoms with E-state index in [1.165, 1.54) is 18.2 Å². The number of hydrogen-bond acceptors (Lipinski definition) is 2. The minimum atomic E-state index is -1.27. The molecule has 1 heterocycles. The molecule has 0 aromatic rings. The minimum Gasteiger partial charge on any atom is -0.294 e. The fourth-order valence-electron chi connectivity index (χ4n) is 1.41. The third kappa shape index (κ3) is 1.11. The maximum atomic E-state index is 11.3. The van der Waals surface area contributed by atoms with Gasteiger partial charge in [0.1, 0.15) is 0 Å². The van der Waals surface area contributed by atoms with E-state index in [1.807, 2.05) is 0 Å². The Labute approximate surface area is 84.4 Å². The number of fused-ring (bicyclic) bond motifs is 1. The van der Waals surface area contributed by atoms with Crippen LogP contribution in [0.1, 0.15) is 0 Å². The van der Waals surface area contributed by atoms with Crippen LogP contribution in [-0.4, -0.2) is 16.7 Å². The highest BCUT2D eigenvalue weighted by Crippen LogP contribution is 2.38. The third-order valence-corrected chi connectivity index (χ3v) is 2.92. The molecule has 2 aliphatic rings. The van der Waals surface area contributed by atoms with Crippen LogP contribution in [0, 0.1) is 5.92 Å². The van der Waals surface area contributed by atoms with Crippen LogP contribution >= 0.6 is 23.2 Å². The molecular formula is C8H5Cl2NO2. The Balaban J connectivity index is 2.49. The number of hydrogen-bond donors (Lipinski definition) is 1. The van der Waals surface area contributed by atoms with Crippen LogP contribution in [0.5, 0.6) is 0 Å². The van der Waals surface area contributed by atoms with E-state index in [-0.39, 0.29) is 0 Å². The van der Waals surface area contributed by atoms with Crippen LogP contribution in [0.15, 0.2) is 23.3 Å². The molecule has 0 aromatic carbocycles. The summed E-state index contributed by atoms with van der Waals surface area (Å²) in [6, 6.07) is 0. The SMILES string of the molecule is O=C1NC(=O)C2(Cl)C=CC(Cl)=CC12. The number of nitrogens with one attached hydrogen (secondary N) is 1. The van der Waals surface area contributed by atoms with Gasteiger partial charge >= 0.3 is 0 Å². The van der Waals surface area contributed by atoms with Gasteiger partial charge in [-0.1, -0.05) is 23.8 Å². The number of alkyl halides is 1. The van der Waals surface area contributed by atoms with Crippen molar-refractivity contribution >= 4 is 35.0 Å². The number of halogens is 2. The molecule has 1 aliphatic carbocycles. The largest absolute Gasteiger partial charge is 0.294 e. The van der Waals surface area contributed by atoms with Crippen molar-refractivity contribution in [1.82, 2.24) is 5.32 Å². The molecule has 1 N–H and O–H groups in total. The first-order valence-electron chi connectivity index (χ1n) is 3.65. The van der Waals surface area contributed by atoms with Gasteiger partial charge in [0, 0.05) is 5.03 Å². The van der Waals surface area contributed by atoms with Crippen molar-refractivity contribution in [3.05, 3.63) is 23.3 Å². The van der Waals surface area contributed by atoms with E-state index in [9.17, 15) is 9.59 Å². The molecule has 0 aromatic heterocycles. The van der Waals surface area contributed by atoms with E-state index in [2.05, 4.69) is 5.32 Å². The van der Waals surface area contributed by atoms with Crippen molar-refractivity contribution < 1.29 is 9.59 Å². The summed E-state index contributed by atoms with van der Waals surface area (Å²) in [5.74, 6) is -1.57. The molecule has 68 valence electrons. The molecule has 13 heavy (non-hydrogen) atoms. The lowest BCUT2D eigenvalue weighted by atomic mass is 9.90. The zero-order chi connectivity index (χ0) is 9.64. The van der Waals surface area contributed by atoms with E-state index in [0.717, 1.165) is 0 Å². The number of carbonyl (C=O) groups is 2. The summed E-state index contributed by atoms with van der Waals surface area (Å²) in [7, 11) is 0. The minimum absolute atomic E-state index is 0.400. The Morgan fingerprint density at radius 3 is 2.85 bits per heavy atom. The quantitative estimate of drug-likeness (QED) is 0.485. The summed E-state index contributed by atoms with van der Waals surface area (Å²) >= 11 is 11.6. The van der Waals surface area contributed by atoms with Gasteiger partial charge < -0.3 is 0 Å². The van der Waals surface area contributed by atoms with Gasteiger partial charge in [0.25, 0.3) is 5.91 Å². The molecule has 1 aliphatic heterocycles. The maximum Gasteiger partial charge on any atom is 0.252 e. The molecule has 2 unspecified atom stereocenters. The third-order valence-electron chi connectivity index (χ3n) is 2.13. The number of amides is 2. The Bertz CT molecular complexity index is 361. The number of imide groups is 1. The second-order valence-corrected chi connectivity index (χ2v) is 4.01. The number of allylic oxidation sites excluding steroid dienone is 2. The molecule has 2 amide bonds. The number of carbonyl (C=O) groups excluding carboxylic acids is 2. The first-order chi connectivity index (χ1) is 6.04. The smallest absolute Gasteiger partial charge is 0.252 e. The van der Waals surface area contributed by atoms with Crippen LogP contribution in [0.2, 0.25) is 0 Å². The van der Waals surface area contributed by atoms with E-state index in [4.69, 9.17) is 23.2 Å². The molecule has 2 rings (SSSR count). The molecule has 2 atom stereocenters. The van der Waals surface area contributed by atoms with Crippen LogP contribution < -0.4 is 5.32 Å². The van der Waals surface area contributed by atoms with Crippen molar-refractivity contribution in [3.63, 3.8) is 0 Å². The molecule has 1 fully saturated rings. The topological polar surface area (TPSA) is 46.2 Å².